The lowest BCUT2D eigenvalue weighted by Gasteiger charge is -2.34. The number of fused-ring (bicyclic) bond motifs is 1. The summed E-state index contributed by atoms with van der Waals surface area (Å²) >= 11 is 0. The Bertz CT molecular complexity index is 928. The number of nitrogens with one attached hydrogen (secondary N) is 2. The van der Waals surface area contributed by atoms with Crippen molar-refractivity contribution in [2.24, 2.45) is 0 Å². The molecule has 0 atom stereocenters. The SMILES string of the molecule is CN1CCN(c2ccc(C(=O)Nc3n[nH]c4c3CN(C(=O)O)C4(C)C)cc2)CC1. The number of benzene rings is 1. The normalized spacial score (nSPS) is 18.6. The Kier molecular flexibility index (Phi) is 4.70. The molecule has 0 radical (unpaired) electrons. The van der Waals surface area contributed by atoms with Crippen molar-refractivity contribution in [2.45, 2.75) is 25.9 Å². The number of hydrogen-bond acceptors (Lipinski definition) is 5. The molecule has 0 aliphatic carbocycles. The Morgan fingerprint density at radius 3 is 2.41 bits per heavy atom. The fourth-order valence-corrected chi connectivity index (χ4v) is 3.99. The Labute approximate surface area is 169 Å². The summed E-state index contributed by atoms with van der Waals surface area (Å²) in [7, 11) is 2.12. The van der Waals surface area contributed by atoms with Gasteiger partial charge in [-0.3, -0.25) is 14.8 Å². The van der Waals surface area contributed by atoms with Crippen molar-refractivity contribution < 1.29 is 14.7 Å². The number of aromatic amines is 1. The Balaban J connectivity index is 1.47. The van der Waals surface area contributed by atoms with E-state index in [1.54, 1.807) is 0 Å². The minimum absolute atomic E-state index is 0.187. The molecule has 1 saturated heterocycles. The third kappa shape index (κ3) is 3.42. The zero-order valence-electron chi connectivity index (χ0n) is 16.9. The number of anilines is 2. The van der Waals surface area contributed by atoms with E-state index >= 15 is 0 Å². The van der Waals surface area contributed by atoms with Gasteiger partial charge in [-0.2, -0.15) is 5.10 Å². The molecule has 1 aromatic carbocycles. The fraction of sp³-hybridized carbons (Fsp3) is 0.450. The zero-order valence-corrected chi connectivity index (χ0v) is 16.9. The van der Waals surface area contributed by atoms with Gasteiger partial charge in [0.05, 0.1) is 17.8 Å². The van der Waals surface area contributed by atoms with Gasteiger partial charge in [-0.1, -0.05) is 0 Å². The summed E-state index contributed by atoms with van der Waals surface area (Å²) in [5.74, 6) is 0.112. The van der Waals surface area contributed by atoms with Crippen LogP contribution in [0.25, 0.3) is 0 Å². The van der Waals surface area contributed by atoms with E-state index in [4.69, 9.17) is 0 Å². The molecule has 1 fully saturated rings. The van der Waals surface area contributed by atoms with Crippen molar-refractivity contribution in [2.75, 3.05) is 43.4 Å². The number of carbonyl (C=O) groups is 2. The van der Waals surface area contributed by atoms with Crippen LogP contribution in [0.2, 0.25) is 0 Å². The van der Waals surface area contributed by atoms with Crippen LogP contribution in [0.5, 0.6) is 0 Å². The van der Waals surface area contributed by atoms with Gasteiger partial charge in [0.1, 0.15) is 0 Å². The maximum Gasteiger partial charge on any atom is 0.408 e. The molecule has 2 aliphatic rings. The van der Waals surface area contributed by atoms with Crippen LogP contribution in [0.4, 0.5) is 16.3 Å². The quantitative estimate of drug-likeness (QED) is 0.732. The number of carboxylic acid groups (broad SMARTS) is 1. The molecule has 29 heavy (non-hydrogen) atoms. The number of amides is 2. The van der Waals surface area contributed by atoms with Crippen LogP contribution >= 0.6 is 0 Å². The van der Waals surface area contributed by atoms with Crippen molar-refractivity contribution in [3.8, 4) is 0 Å². The van der Waals surface area contributed by atoms with E-state index in [2.05, 4.69) is 32.4 Å². The zero-order chi connectivity index (χ0) is 20.8. The summed E-state index contributed by atoms with van der Waals surface area (Å²) in [6.45, 7) is 7.80. The van der Waals surface area contributed by atoms with Gasteiger partial charge >= 0.3 is 6.09 Å². The number of hydrogen-bond donors (Lipinski definition) is 3. The van der Waals surface area contributed by atoms with Gasteiger partial charge < -0.3 is 20.2 Å². The summed E-state index contributed by atoms with van der Waals surface area (Å²) in [5, 5.41) is 19.4. The second-order valence-corrected chi connectivity index (χ2v) is 8.14. The van der Waals surface area contributed by atoms with E-state index in [1.165, 1.54) is 4.90 Å². The third-order valence-electron chi connectivity index (χ3n) is 5.93. The molecule has 9 nitrogen and oxygen atoms in total. The topological polar surface area (TPSA) is 105 Å². The highest BCUT2D eigenvalue weighted by atomic mass is 16.4. The average Bonchev–Trinajstić information content (AvgIpc) is 3.21. The number of carbonyl (C=O) groups excluding carboxylic acids is 1. The number of piperazine rings is 1. The van der Waals surface area contributed by atoms with Crippen LogP contribution in [0, 0.1) is 0 Å². The molecule has 4 rings (SSSR count). The first-order valence-electron chi connectivity index (χ1n) is 9.70. The van der Waals surface area contributed by atoms with E-state index in [0.29, 0.717) is 22.6 Å². The molecule has 1 aromatic heterocycles. The minimum atomic E-state index is -1.00. The lowest BCUT2D eigenvalue weighted by atomic mass is 10.0. The summed E-state index contributed by atoms with van der Waals surface area (Å²) in [5.41, 5.74) is 2.34. The molecule has 0 saturated carbocycles. The van der Waals surface area contributed by atoms with Gasteiger partial charge in [0.2, 0.25) is 0 Å². The lowest BCUT2D eigenvalue weighted by molar-refractivity contribution is 0.0978. The predicted octanol–water partition coefficient (Wildman–Crippen LogP) is 2.14. The van der Waals surface area contributed by atoms with Crippen molar-refractivity contribution in [3.63, 3.8) is 0 Å². The van der Waals surface area contributed by atoms with Gasteiger partial charge in [0.15, 0.2) is 5.82 Å². The number of H-pyrrole nitrogens is 1. The smallest absolute Gasteiger partial charge is 0.408 e. The lowest BCUT2D eigenvalue weighted by Crippen LogP contribution is -2.44. The highest BCUT2D eigenvalue weighted by Gasteiger charge is 2.44. The van der Waals surface area contributed by atoms with Gasteiger partial charge in [0.25, 0.3) is 5.91 Å². The molecular weight excluding hydrogens is 372 g/mol. The number of likely N-dealkylation sites (N-methyl/N-ethyl adjacent to an activating group) is 1. The van der Waals surface area contributed by atoms with E-state index in [9.17, 15) is 14.7 Å². The summed E-state index contributed by atoms with van der Waals surface area (Å²) < 4.78 is 0. The van der Waals surface area contributed by atoms with Crippen molar-refractivity contribution in [1.82, 2.24) is 20.0 Å². The first-order chi connectivity index (χ1) is 13.8. The molecule has 0 spiro atoms. The molecule has 2 aliphatic heterocycles. The van der Waals surface area contributed by atoms with Crippen LogP contribution < -0.4 is 10.2 Å². The van der Waals surface area contributed by atoms with E-state index < -0.39 is 11.6 Å². The molecule has 9 heteroatoms. The fourth-order valence-electron chi connectivity index (χ4n) is 3.99. The molecular formula is C20H26N6O3. The van der Waals surface area contributed by atoms with Crippen LogP contribution in [0.15, 0.2) is 24.3 Å². The Hall–Kier alpha value is -3.07. The summed E-state index contributed by atoms with van der Waals surface area (Å²) in [4.78, 5) is 30.2. The highest BCUT2D eigenvalue weighted by molar-refractivity contribution is 6.04. The average molecular weight is 398 g/mol. The van der Waals surface area contributed by atoms with Gasteiger partial charge in [0, 0.05) is 43.0 Å². The number of rotatable bonds is 3. The second kappa shape index (κ2) is 7.07. The van der Waals surface area contributed by atoms with Crippen LogP contribution in [-0.2, 0) is 12.1 Å². The largest absolute Gasteiger partial charge is 0.465 e. The molecule has 2 aromatic rings. The van der Waals surface area contributed by atoms with Crippen molar-refractivity contribution in [3.05, 3.63) is 41.1 Å². The van der Waals surface area contributed by atoms with Crippen molar-refractivity contribution >= 4 is 23.5 Å². The minimum Gasteiger partial charge on any atom is -0.465 e. The van der Waals surface area contributed by atoms with E-state index in [-0.39, 0.29) is 12.5 Å². The predicted molar refractivity (Wildman–Crippen MR) is 109 cm³/mol. The molecule has 154 valence electrons. The Morgan fingerprint density at radius 1 is 1.14 bits per heavy atom. The summed E-state index contributed by atoms with van der Waals surface area (Å²) in [6, 6.07) is 7.54. The standard InChI is InChI=1S/C20H26N6O3/c1-20(2)16-15(12-26(20)19(28)29)17(23-22-16)21-18(27)13-4-6-14(7-5-13)25-10-8-24(3)9-11-25/h4-7H,8-12H2,1-3H3,(H,28,29)(H2,21,22,23,27). The Morgan fingerprint density at radius 2 is 1.79 bits per heavy atom. The van der Waals surface area contributed by atoms with Crippen LogP contribution in [0.1, 0.15) is 35.5 Å². The summed E-state index contributed by atoms with van der Waals surface area (Å²) in [6.07, 6.45) is -1.00. The maximum absolute atomic E-state index is 12.7. The number of aromatic nitrogens is 2. The molecule has 0 bridgehead atoms. The maximum atomic E-state index is 12.7. The molecule has 0 unspecified atom stereocenters. The van der Waals surface area contributed by atoms with Crippen LogP contribution in [-0.4, -0.2) is 70.3 Å². The monoisotopic (exact) mass is 398 g/mol. The molecule has 3 heterocycles. The van der Waals surface area contributed by atoms with Crippen LogP contribution in [0.3, 0.4) is 0 Å². The molecule has 3 N–H and O–H groups in total. The highest BCUT2D eigenvalue weighted by Crippen LogP contribution is 2.40. The molecule has 2 amide bonds. The van der Waals surface area contributed by atoms with E-state index in [1.807, 2.05) is 38.1 Å². The first kappa shape index (κ1) is 19.3. The third-order valence-corrected chi connectivity index (χ3v) is 5.93. The number of nitrogens with zero attached hydrogens (tertiary/aromatic N) is 4. The van der Waals surface area contributed by atoms with Gasteiger partial charge in [-0.25, -0.2) is 4.79 Å². The second-order valence-electron chi connectivity index (χ2n) is 8.14. The van der Waals surface area contributed by atoms with Gasteiger partial charge in [-0.15, -0.1) is 0 Å². The van der Waals surface area contributed by atoms with E-state index in [0.717, 1.165) is 31.9 Å². The van der Waals surface area contributed by atoms with Gasteiger partial charge in [-0.05, 0) is 45.2 Å². The van der Waals surface area contributed by atoms with Crippen molar-refractivity contribution in [1.29, 1.82) is 0 Å². The first-order valence-corrected chi connectivity index (χ1v) is 9.70.